The fraction of sp³-hybridized carbons (Fsp3) is 0.423. The largest absolute Gasteiger partial charge is 0.364 e. The number of aryl methyl sites for hydroxylation is 1. The van der Waals surface area contributed by atoms with Crippen LogP contribution in [-0.2, 0) is 35.6 Å². The summed E-state index contributed by atoms with van der Waals surface area (Å²) < 4.78 is 0. The fourth-order valence-electron chi connectivity index (χ4n) is 5.33. The third kappa shape index (κ3) is 4.02. The molecule has 2 aromatic rings. The van der Waals surface area contributed by atoms with Gasteiger partial charge in [-0.1, -0.05) is 24.3 Å². The zero-order chi connectivity index (χ0) is 23.1. The molecule has 0 spiro atoms. The van der Waals surface area contributed by atoms with Crippen molar-refractivity contribution in [2.45, 2.75) is 64.3 Å². The van der Waals surface area contributed by atoms with E-state index in [-0.39, 0.29) is 24.1 Å². The molecule has 7 nitrogen and oxygen atoms in total. The lowest BCUT2D eigenvalue weighted by molar-refractivity contribution is -0.136. The number of imide groups is 1. The number of nitrogens with zero attached hydrogens (tertiary/aromatic N) is 2. The molecule has 2 unspecified atom stereocenters. The lowest BCUT2D eigenvalue weighted by atomic mass is 9.94. The summed E-state index contributed by atoms with van der Waals surface area (Å²) in [7, 11) is 1.96. The van der Waals surface area contributed by atoms with Gasteiger partial charge in [-0.15, -0.1) is 0 Å². The number of benzene rings is 2. The molecule has 3 amide bonds. The van der Waals surface area contributed by atoms with E-state index in [1.165, 1.54) is 16.8 Å². The van der Waals surface area contributed by atoms with Crippen LogP contribution in [0.1, 0.15) is 58.8 Å². The summed E-state index contributed by atoms with van der Waals surface area (Å²) in [4.78, 5) is 41.0. The molecule has 1 fully saturated rings. The molecular formula is C26H30N4O3. The molecule has 1 saturated heterocycles. The maximum Gasteiger partial charge on any atom is 0.255 e. The number of carbonyl (C=O) groups is 3. The van der Waals surface area contributed by atoms with Crippen molar-refractivity contribution in [2.75, 3.05) is 11.9 Å². The highest BCUT2D eigenvalue weighted by Gasteiger charge is 2.39. The molecule has 0 radical (unpaired) electrons. The average Bonchev–Trinajstić information content (AvgIpc) is 3.12. The second-order valence-corrected chi connectivity index (χ2v) is 9.40. The molecule has 3 aliphatic heterocycles. The van der Waals surface area contributed by atoms with Crippen LogP contribution in [-0.4, -0.2) is 41.8 Å². The number of hydrogen-bond donors (Lipinski definition) is 2. The molecule has 172 valence electrons. The van der Waals surface area contributed by atoms with Gasteiger partial charge in [0.05, 0.1) is 0 Å². The van der Waals surface area contributed by atoms with Crippen molar-refractivity contribution in [3.8, 4) is 0 Å². The molecule has 0 bridgehead atoms. The van der Waals surface area contributed by atoms with Crippen molar-refractivity contribution < 1.29 is 14.4 Å². The Bertz CT molecular complexity index is 1130. The van der Waals surface area contributed by atoms with E-state index in [0.29, 0.717) is 24.6 Å². The molecule has 0 saturated carbocycles. The van der Waals surface area contributed by atoms with E-state index in [9.17, 15) is 14.4 Å². The molecule has 0 aliphatic carbocycles. The Morgan fingerprint density at radius 2 is 1.82 bits per heavy atom. The molecule has 33 heavy (non-hydrogen) atoms. The first kappa shape index (κ1) is 21.6. The van der Waals surface area contributed by atoms with Crippen molar-refractivity contribution in [3.05, 3.63) is 64.2 Å². The van der Waals surface area contributed by atoms with E-state index in [0.717, 1.165) is 37.1 Å². The van der Waals surface area contributed by atoms with Gasteiger partial charge in [0.2, 0.25) is 11.8 Å². The maximum atomic E-state index is 13.2. The summed E-state index contributed by atoms with van der Waals surface area (Å²) in [5.74, 6) is -0.758. The van der Waals surface area contributed by atoms with Gasteiger partial charge >= 0.3 is 0 Å². The first-order valence-corrected chi connectivity index (χ1v) is 11.7. The first-order chi connectivity index (χ1) is 15.9. The number of rotatable bonds is 5. The number of piperidine rings is 1. The molecule has 7 heteroatoms. The van der Waals surface area contributed by atoms with Crippen LogP contribution in [0.15, 0.2) is 36.4 Å². The minimum Gasteiger partial charge on any atom is -0.364 e. The highest BCUT2D eigenvalue weighted by Crippen LogP contribution is 2.34. The summed E-state index contributed by atoms with van der Waals surface area (Å²) in [6.07, 6.45) is 2.83. The molecule has 3 aliphatic rings. The van der Waals surface area contributed by atoms with Crippen LogP contribution in [0.25, 0.3) is 0 Å². The zero-order valence-electron chi connectivity index (χ0n) is 19.2. The lowest BCUT2D eigenvalue weighted by Gasteiger charge is -2.37. The predicted octanol–water partition coefficient (Wildman–Crippen LogP) is 2.51. The molecular weight excluding hydrogens is 416 g/mol. The number of carbonyl (C=O) groups excluding carboxylic acids is 3. The number of amides is 3. The smallest absolute Gasteiger partial charge is 0.255 e. The van der Waals surface area contributed by atoms with Gasteiger partial charge in [-0.25, -0.2) is 0 Å². The topological polar surface area (TPSA) is 81.8 Å². The minimum atomic E-state index is -0.577. The second-order valence-electron chi connectivity index (χ2n) is 9.40. The summed E-state index contributed by atoms with van der Waals surface area (Å²) in [6.45, 7) is 4.27. The van der Waals surface area contributed by atoms with Crippen molar-refractivity contribution in [2.24, 2.45) is 0 Å². The highest BCUT2D eigenvalue weighted by atomic mass is 16.2. The fourth-order valence-corrected chi connectivity index (χ4v) is 5.33. The summed E-state index contributed by atoms with van der Waals surface area (Å²) >= 11 is 0. The van der Waals surface area contributed by atoms with Crippen LogP contribution in [0.3, 0.4) is 0 Å². The second kappa shape index (κ2) is 8.63. The quantitative estimate of drug-likeness (QED) is 0.690. The molecule has 2 aromatic carbocycles. The van der Waals surface area contributed by atoms with Crippen LogP contribution in [0.2, 0.25) is 0 Å². The number of hydrogen-bond acceptors (Lipinski definition) is 5. The van der Waals surface area contributed by atoms with Crippen LogP contribution >= 0.6 is 0 Å². The Morgan fingerprint density at radius 3 is 2.61 bits per heavy atom. The Hall–Kier alpha value is -3.19. The van der Waals surface area contributed by atoms with Crippen molar-refractivity contribution in [3.63, 3.8) is 0 Å². The summed E-state index contributed by atoms with van der Waals surface area (Å²) in [5, 5.41) is 5.58. The SMILES string of the molecule is CNCc1ccc2c(c1)CCC(C)N2Cc1ccc2c(c1)C(=O)N(C1CCC(=O)NC1=O)C2. The van der Waals surface area contributed by atoms with Gasteiger partial charge in [-0.3, -0.25) is 19.7 Å². The van der Waals surface area contributed by atoms with Crippen LogP contribution in [0, 0.1) is 0 Å². The summed E-state index contributed by atoms with van der Waals surface area (Å²) in [6, 6.07) is 12.6. The van der Waals surface area contributed by atoms with Crippen LogP contribution in [0.4, 0.5) is 5.69 Å². The Kier molecular flexibility index (Phi) is 5.66. The lowest BCUT2D eigenvalue weighted by Crippen LogP contribution is -2.52. The van der Waals surface area contributed by atoms with Gasteiger partial charge < -0.3 is 15.1 Å². The van der Waals surface area contributed by atoms with E-state index >= 15 is 0 Å². The van der Waals surface area contributed by atoms with Gasteiger partial charge in [0.1, 0.15) is 6.04 Å². The molecule has 5 rings (SSSR count). The highest BCUT2D eigenvalue weighted by molar-refractivity contribution is 6.05. The van der Waals surface area contributed by atoms with E-state index < -0.39 is 6.04 Å². The third-order valence-corrected chi connectivity index (χ3v) is 7.14. The van der Waals surface area contributed by atoms with E-state index in [4.69, 9.17) is 0 Å². The maximum absolute atomic E-state index is 13.2. The van der Waals surface area contributed by atoms with Gasteiger partial charge in [-0.2, -0.15) is 0 Å². The third-order valence-electron chi connectivity index (χ3n) is 7.14. The zero-order valence-corrected chi connectivity index (χ0v) is 19.2. The molecule has 0 aromatic heterocycles. The van der Waals surface area contributed by atoms with Crippen molar-refractivity contribution in [1.82, 2.24) is 15.5 Å². The number of fused-ring (bicyclic) bond motifs is 2. The van der Waals surface area contributed by atoms with Crippen LogP contribution < -0.4 is 15.5 Å². The van der Waals surface area contributed by atoms with E-state index in [1.54, 1.807) is 4.90 Å². The van der Waals surface area contributed by atoms with Gasteiger partial charge in [0, 0.05) is 43.3 Å². The molecule has 3 heterocycles. The number of nitrogens with one attached hydrogen (secondary N) is 2. The van der Waals surface area contributed by atoms with E-state index in [2.05, 4.69) is 46.7 Å². The standard InChI is InChI=1S/C26H30N4O3/c1-16-3-6-19-11-17(13-27-2)5-8-22(19)29(16)14-18-4-7-20-15-30(26(33)21(20)12-18)23-9-10-24(31)28-25(23)32/h4-5,7-8,11-12,16,23,27H,3,6,9-10,13-15H2,1-2H3,(H,28,31,32). The normalized spacial score (nSPS) is 22.3. The summed E-state index contributed by atoms with van der Waals surface area (Å²) in [5.41, 5.74) is 6.64. The van der Waals surface area contributed by atoms with Gasteiger partial charge in [0.25, 0.3) is 5.91 Å². The Morgan fingerprint density at radius 1 is 1.00 bits per heavy atom. The average molecular weight is 447 g/mol. The van der Waals surface area contributed by atoms with E-state index in [1.807, 2.05) is 19.2 Å². The molecule has 2 N–H and O–H groups in total. The Balaban J connectivity index is 1.36. The van der Waals surface area contributed by atoms with Crippen molar-refractivity contribution >= 4 is 23.4 Å². The minimum absolute atomic E-state index is 0.120. The van der Waals surface area contributed by atoms with Crippen molar-refractivity contribution in [1.29, 1.82) is 0 Å². The predicted molar refractivity (Wildman–Crippen MR) is 126 cm³/mol. The van der Waals surface area contributed by atoms with Crippen LogP contribution in [0.5, 0.6) is 0 Å². The Labute approximate surface area is 194 Å². The molecule has 2 atom stereocenters. The number of anilines is 1. The van der Waals surface area contributed by atoms with Gasteiger partial charge in [-0.05, 0) is 67.6 Å². The van der Waals surface area contributed by atoms with Gasteiger partial charge in [0.15, 0.2) is 0 Å². The first-order valence-electron chi connectivity index (χ1n) is 11.7. The monoisotopic (exact) mass is 446 g/mol.